The number of hydrogen-bond donors (Lipinski definition) is 2. The monoisotopic (exact) mass is 184 g/mol. The summed E-state index contributed by atoms with van der Waals surface area (Å²) < 4.78 is 4.96. The van der Waals surface area contributed by atoms with E-state index in [9.17, 15) is 4.79 Å². The summed E-state index contributed by atoms with van der Waals surface area (Å²) in [5.41, 5.74) is 6.80. The number of hydrazine groups is 1. The second-order valence-corrected chi connectivity index (χ2v) is 4.01. The van der Waals surface area contributed by atoms with Crippen LogP contribution in [-0.2, 0) is 9.53 Å². The fraction of sp³-hybridized carbons (Fsp3) is 0.889. The van der Waals surface area contributed by atoms with Crippen molar-refractivity contribution in [1.29, 1.82) is 0 Å². The molecule has 2 fully saturated rings. The van der Waals surface area contributed by atoms with Crippen LogP contribution in [0.25, 0.3) is 0 Å². The molecule has 4 heteroatoms. The summed E-state index contributed by atoms with van der Waals surface area (Å²) in [4.78, 5) is 10.1. The first-order valence-corrected chi connectivity index (χ1v) is 4.94. The van der Waals surface area contributed by atoms with Gasteiger partial charge in [0.05, 0.1) is 0 Å². The second-order valence-electron chi connectivity index (χ2n) is 4.01. The highest BCUT2D eigenvalue weighted by atomic mass is 16.5. The highest BCUT2D eigenvalue weighted by Crippen LogP contribution is 2.33. The van der Waals surface area contributed by atoms with Crippen molar-refractivity contribution in [3.8, 4) is 0 Å². The summed E-state index contributed by atoms with van der Waals surface area (Å²) >= 11 is 0. The Hall–Kier alpha value is -0.610. The molecule has 2 aliphatic rings. The smallest absolute Gasteiger partial charge is 0.293 e. The molecule has 74 valence electrons. The molecule has 1 saturated heterocycles. The molecule has 0 bridgehead atoms. The van der Waals surface area contributed by atoms with Crippen LogP contribution in [0.4, 0.5) is 0 Å². The van der Waals surface area contributed by atoms with Gasteiger partial charge in [0.15, 0.2) is 0 Å². The van der Waals surface area contributed by atoms with Gasteiger partial charge < -0.3 is 4.74 Å². The molecular weight excluding hydrogens is 168 g/mol. The standard InChI is InChI=1S/C9H16N2O2/c12-7-13-8-1-3-9(4-2-8)5-6-10-11-9/h7-8,10-11H,1-6H2. The van der Waals surface area contributed by atoms with E-state index in [4.69, 9.17) is 4.74 Å². The molecule has 1 spiro atoms. The van der Waals surface area contributed by atoms with E-state index in [0.717, 1.165) is 32.2 Å². The minimum absolute atomic E-state index is 0.158. The summed E-state index contributed by atoms with van der Waals surface area (Å²) in [5, 5.41) is 0. The summed E-state index contributed by atoms with van der Waals surface area (Å²) in [7, 11) is 0. The maximum atomic E-state index is 10.1. The normalized spacial score (nSPS) is 39.2. The lowest BCUT2D eigenvalue weighted by atomic mass is 9.79. The van der Waals surface area contributed by atoms with Crippen molar-refractivity contribution in [1.82, 2.24) is 10.9 Å². The van der Waals surface area contributed by atoms with E-state index in [1.165, 1.54) is 6.42 Å². The van der Waals surface area contributed by atoms with Crippen molar-refractivity contribution in [3.63, 3.8) is 0 Å². The summed E-state index contributed by atoms with van der Waals surface area (Å²) in [5.74, 6) is 0. The molecule has 1 aliphatic heterocycles. The number of carbonyl (C=O) groups is 1. The van der Waals surface area contributed by atoms with Gasteiger partial charge in [-0.2, -0.15) is 0 Å². The molecule has 0 atom stereocenters. The lowest BCUT2D eigenvalue weighted by molar-refractivity contribution is -0.135. The van der Waals surface area contributed by atoms with Crippen molar-refractivity contribution in [2.75, 3.05) is 6.54 Å². The molecular formula is C9H16N2O2. The number of nitrogens with one attached hydrogen (secondary N) is 2. The molecule has 0 aromatic heterocycles. The number of hydrogen-bond acceptors (Lipinski definition) is 4. The lowest BCUT2D eigenvalue weighted by Gasteiger charge is -2.35. The van der Waals surface area contributed by atoms with Gasteiger partial charge in [-0.05, 0) is 32.1 Å². The molecule has 0 aromatic rings. The first kappa shape index (κ1) is 8.97. The largest absolute Gasteiger partial charge is 0.465 e. The van der Waals surface area contributed by atoms with Crippen LogP contribution in [-0.4, -0.2) is 24.7 Å². The maximum absolute atomic E-state index is 10.1. The summed E-state index contributed by atoms with van der Waals surface area (Å²) in [6.45, 7) is 1.63. The Morgan fingerprint density at radius 3 is 2.62 bits per heavy atom. The van der Waals surface area contributed by atoms with Crippen molar-refractivity contribution in [2.24, 2.45) is 0 Å². The first-order chi connectivity index (χ1) is 6.35. The maximum Gasteiger partial charge on any atom is 0.293 e. The van der Waals surface area contributed by atoms with Gasteiger partial charge in [0, 0.05) is 12.1 Å². The number of rotatable bonds is 2. The Balaban J connectivity index is 1.84. The van der Waals surface area contributed by atoms with Crippen LogP contribution in [0.2, 0.25) is 0 Å². The van der Waals surface area contributed by atoms with Gasteiger partial charge in [0.2, 0.25) is 0 Å². The predicted octanol–water partition coefficient (Wildman–Crippen LogP) is 0.339. The third kappa shape index (κ3) is 1.84. The zero-order valence-electron chi connectivity index (χ0n) is 7.71. The van der Waals surface area contributed by atoms with E-state index in [1.807, 2.05) is 0 Å². The average Bonchev–Trinajstić information content (AvgIpc) is 2.59. The highest BCUT2D eigenvalue weighted by molar-refractivity contribution is 5.37. The molecule has 0 aromatic carbocycles. The first-order valence-electron chi connectivity index (χ1n) is 4.94. The quantitative estimate of drug-likeness (QED) is 0.608. The van der Waals surface area contributed by atoms with Gasteiger partial charge >= 0.3 is 0 Å². The molecule has 2 N–H and O–H groups in total. The van der Waals surface area contributed by atoms with Gasteiger partial charge in [-0.1, -0.05) is 0 Å². The Kier molecular flexibility index (Phi) is 2.51. The van der Waals surface area contributed by atoms with Gasteiger partial charge in [-0.15, -0.1) is 0 Å². The molecule has 1 saturated carbocycles. The number of ether oxygens (including phenoxy) is 1. The summed E-state index contributed by atoms with van der Waals surface area (Å²) in [6.07, 6.45) is 5.56. The number of carbonyl (C=O) groups excluding carboxylic acids is 1. The van der Waals surface area contributed by atoms with Crippen LogP contribution in [0.5, 0.6) is 0 Å². The fourth-order valence-corrected chi connectivity index (χ4v) is 2.35. The minimum atomic E-state index is 0.158. The van der Waals surface area contributed by atoms with Gasteiger partial charge in [0.25, 0.3) is 6.47 Å². The van der Waals surface area contributed by atoms with Crippen LogP contribution >= 0.6 is 0 Å². The zero-order valence-corrected chi connectivity index (χ0v) is 7.71. The zero-order chi connectivity index (χ0) is 9.15. The molecule has 0 unspecified atom stereocenters. The average molecular weight is 184 g/mol. The molecule has 13 heavy (non-hydrogen) atoms. The van der Waals surface area contributed by atoms with E-state index in [1.54, 1.807) is 0 Å². The fourth-order valence-electron chi connectivity index (χ4n) is 2.35. The highest BCUT2D eigenvalue weighted by Gasteiger charge is 2.37. The molecule has 2 rings (SSSR count). The van der Waals surface area contributed by atoms with Crippen LogP contribution in [0, 0.1) is 0 Å². The Morgan fingerprint density at radius 1 is 1.31 bits per heavy atom. The van der Waals surface area contributed by atoms with Crippen LogP contribution in [0.3, 0.4) is 0 Å². The van der Waals surface area contributed by atoms with Crippen LogP contribution < -0.4 is 10.9 Å². The van der Waals surface area contributed by atoms with Crippen molar-refractivity contribution < 1.29 is 9.53 Å². The Bertz CT molecular complexity index is 180. The van der Waals surface area contributed by atoms with Crippen molar-refractivity contribution in [3.05, 3.63) is 0 Å². The third-order valence-electron chi connectivity index (χ3n) is 3.22. The SMILES string of the molecule is O=COC1CCC2(CCNN2)CC1. The molecule has 0 amide bonds. The van der Waals surface area contributed by atoms with Crippen LogP contribution in [0.15, 0.2) is 0 Å². The molecule has 1 aliphatic carbocycles. The van der Waals surface area contributed by atoms with Crippen molar-refractivity contribution in [2.45, 2.75) is 43.7 Å². The Labute approximate surface area is 78.0 Å². The van der Waals surface area contributed by atoms with Gasteiger partial charge in [-0.3, -0.25) is 15.6 Å². The van der Waals surface area contributed by atoms with E-state index >= 15 is 0 Å². The molecule has 1 heterocycles. The predicted molar refractivity (Wildman–Crippen MR) is 47.9 cm³/mol. The summed E-state index contributed by atoms with van der Waals surface area (Å²) in [6, 6.07) is 0. The van der Waals surface area contributed by atoms with Crippen molar-refractivity contribution >= 4 is 6.47 Å². The second kappa shape index (κ2) is 3.64. The molecule has 4 nitrogen and oxygen atoms in total. The third-order valence-corrected chi connectivity index (χ3v) is 3.22. The van der Waals surface area contributed by atoms with E-state index < -0.39 is 0 Å². The molecule has 0 radical (unpaired) electrons. The van der Waals surface area contributed by atoms with E-state index in [-0.39, 0.29) is 6.10 Å². The van der Waals surface area contributed by atoms with Crippen LogP contribution in [0.1, 0.15) is 32.1 Å². The lowest BCUT2D eigenvalue weighted by Crippen LogP contribution is -2.47. The van der Waals surface area contributed by atoms with E-state index in [0.29, 0.717) is 12.0 Å². The Morgan fingerprint density at radius 2 is 2.08 bits per heavy atom. The topological polar surface area (TPSA) is 50.4 Å². The van der Waals surface area contributed by atoms with Gasteiger partial charge in [-0.25, -0.2) is 0 Å². The minimum Gasteiger partial charge on any atom is -0.465 e. The van der Waals surface area contributed by atoms with E-state index in [2.05, 4.69) is 10.9 Å². The van der Waals surface area contributed by atoms with Gasteiger partial charge in [0.1, 0.15) is 6.10 Å².